The van der Waals surface area contributed by atoms with E-state index in [1.165, 1.54) is 0 Å². The van der Waals surface area contributed by atoms with E-state index >= 15 is 0 Å². The van der Waals surface area contributed by atoms with Crippen LogP contribution in [0.2, 0.25) is 0 Å². The number of hydrogen-bond acceptors (Lipinski definition) is 3. The summed E-state index contributed by atoms with van der Waals surface area (Å²) in [5.74, 6) is -1.53. The molecule has 0 radical (unpaired) electrons. The molecule has 22 heavy (non-hydrogen) atoms. The normalized spacial score (nSPS) is 12.2. The largest absolute Gasteiger partial charge is 0.354 e. The summed E-state index contributed by atoms with van der Waals surface area (Å²) in [6.07, 6.45) is 3.52. The van der Waals surface area contributed by atoms with Crippen molar-refractivity contribution in [3.8, 4) is 0 Å². The van der Waals surface area contributed by atoms with Crippen LogP contribution in [0, 0.1) is 5.41 Å². The number of allylic oxidation sites excluding steroid dienone is 1. The second-order valence-electron chi connectivity index (χ2n) is 6.08. The first kappa shape index (κ1) is 20.1. The van der Waals surface area contributed by atoms with Gasteiger partial charge in [-0.25, -0.2) is 0 Å². The van der Waals surface area contributed by atoms with Crippen LogP contribution in [0.5, 0.6) is 0 Å². The van der Waals surface area contributed by atoms with Gasteiger partial charge in [-0.2, -0.15) is 0 Å². The predicted molar refractivity (Wildman–Crippen MR) is 87.1 cm³/mol. The Bertz CT molecular complexity index is 405. The maximum atomic E-state index is 11.6. The zero-order valence-corrected chi connectivity index (χ0v) is 14.1. The second-order valence-corrected chi connectivity index (χ2v) is 6.08. The molecule has 6 heteroatoms. The maximum Gasteiger partial charge on any atom is 0.309 e. The van der Waals surface area contributed by atoms with Crippen molar-refractivity contribution in [3.05, 3.63) is 12.7 Å². The number of rotatable bonds is 9. The summed E-state index contributed by atoms with van der Waals surface area (Å²) in [4.78, 5) is 34.6. The van der Waals surface area contributed by atoms with Gasteiger partial charge in [0.2, 0.25) is 5.91 Å². The number of carbonyl (C=O) groups is 3. The highest BCUT2D eigenvalue weighted by Crippen LogP contribution is 2.19. The van der Waals surface area contributed by atoms with E-state index in [4.69, 9.17) is 0 Å². The Hall–Kier alpha value is -1.85. The molecule has 0 aromatic rings. The van der Waals surface area contributed by atoms with Crippen LogP contribution in [-0.2, 0) is 14.4 Å². The van der Waals surface area contributed by atoms with E-state index in [0.717, 1.165) is 6.42 Å². The maximum absolute atomic E-state index is 11.6. The van der Waals surface area contributed by atoms with Gasteiger partial charge in [0, 0.05) is 25.6 Å². The van der Waals surface area contributed by atoms with Crippen LogP contribution in [0.3, 0.4) is 0 Å². The molecule has 0 aliphatic heterocycles. The molecule has 0 aromatic heterocycles. The Labute approximate surface area is 133 Å². The molecule has 0 aromatic carbocycles. The number of hydrogen-bond donors (Lipinski definition) is 3. The molecule has 3 amide bonds. The lowest BCUT2D eigenvalue weighted by molar-refractivity contribution is -0.139. The molecule has 0 bridgehead atoms. The Balaban J connectivity index is 3.90. The van der Waals surface area contributed by atoms with Crippen molar-refractivity contribution >= 4 is 17.7 Å². The van der Waals surface area contributed by atoms with Crippen LogP contribution in [-0.4, -0.2) is 36.9 Å². The van der Waals surface area contributed by atoms with Gasteiger partial charge in [0.05, 0.1) is 0 Å². The van der Waals surface area contributed by atoms with Gasteiger partial charge < -0.3 is 16.0 Å². The topological polar surface area (TPSA) is 87.3 Å². The standard InChI is InChI=1S/C16H29N3O3/c1-6-12(3)19-13(20)8-10-17-14(21)15(22)18-11-9-16(4,5)7-2/h7,12H,2,6,8-11H2,1,3-5H3,(H,17,21)(H,18,22)(H,19,20). The molecule has 126 valence electrons. The first-order valence-corrected chi connectivity index (χ1v) is 7.70. The van der Waals surface area contributed by atoms with Gasteiger partial charge in [-0.3, -0.25) is 14.4 Å². The average molecular weight is 311 g/mol. The van der Waals surface area contributed by atoms with E-state index in [-0.39, 0.29) is 30.3 Å². The van der Waals surface area contributed by atoms with Gasteiger partial charge in [-0.1, -0.05) is 26.8 Å². The first-order chi connectivity index (χ1) is 10.2. The smallest absolute Gasteiger partial charge is 0.309 e. The minimum atomic E-state index is -0.715. The fourth-order valence-corrected chi connectivity index (χ4v) is 1.50. The Morgan fingerprint density at radius 1 is 1.14 bits per heavy atom. The summed E-state index contributed by atoms with van der Waals surface area (Å²) in [7, 11) is 0. The summed E-state index contributed by atoms with van der Waals surface area (Å²) < 4.78 is 0. The van der Waals surface area contributed by atoms with Gasteiger partial charge in [0.25, 0.3) is 0 Å². The van der Waals surface area contributed by atoms with Crippen LogP contribution in [0.15, 0.2) is 12.7 Å². The quantitative estimate of drug-likeness (QED) is 0.440. The molecule has 0 aliphatic carbocycles. The molecule has 1 atom stereocenters. The summed E-state index contributed by atoms with van der Waals surface area (Å²) in [5.41, 5.74) is -0.0855. The van der Waals surface area contributed by atoms with Gasteiger partial charge in [0.1, 0.15) is 0 Å². The third kappa shape index (κ3) is 9.15. The lowest BCUT2D eigenvalue weighted by Gasteiger charge is -2.19. The highest BCUT2D eigenvalue weighted by molar-refractivity contribution is 6.35. The summed E-state index contributed by atoms with van der Waals surface area (Å²) in [6, 6.07) is 0.111. The van der Waals surface area contributed by atoms with Crippen molar-refractivity contribution < 1.29 is 14.4 Å². The van der Waals surface area contributed by atoms with Crippen molar-refractivity contribution in [2.24, 2.45) is 5.41 Å². The zero-order valence-electron chi connectivity index (χ0n) is 14.1. The molecule has 0 fully saturated rings. The van der Waals surface area contributed by atoms with E-state index in [1.54, 1.807) is 0 Å². The van der Waals surface area contributed by atoms with Crippen molar-refractivity contribution in [3.63, 3.8) is 0 Å². The summed E-state index contributed by atoms with van der Waals surface area (Å²) in [5, 5.41) is 7.78. The van der Waals surface area contributed by atoms with E-state index in [1.807, 2.05) is 33.8 Å². The van der Waals surface area contributed by atoms with Gasteiger partial charge in [0.15, 0.2) is 0 Å². The van der Waals surface area contributed by atoms with Crippen LogP contribution in [0.1, 0.15) is 47.0 Å². The highest BCUT2D eigenvalue weighted by Gasteiger charge is 2.16. The van der Waals surface area contributed by atoms with E-state index < -0.39 is 11.8 Å². The number of amides is 3. The van der Waals surface area contributed by atoms with Crippen molar-refractivity contribution in [2.75, 3.05) is 13.1 Å². The molecule has 0 spiro atoms. The van der Waals surface area contributed by atoms with Gasteiger partial charge in [-0.15, -0.1) is 6.58 Å². The van der Waals surface area contributed by atoms with Crippen LogP contribution in [0.4, 0.5) is 0 Å². The van der Waals surface area contributed by atoms with Crippen molar-refractivity contribution in [2.45, 2.75) is 53.0 Å². The van der Waals surface area contributed by atoms with Crippen LogP contribution >= 0.6 is 0 Å². The molecule has 0 saturated heterocycles. The second kappa shape index (κ2) is 9.97. The van der Waals surface area contributed by atoms with Crippen LogP contribution in [0.25, 0.3) is 0 Å². The van der Waals surface area contributed by atoms with Crippen LogP contribution < -0.4 is 16.0 Å². The van der Waals surface area contributed by atoms with Gasteiger partial charge in [-0.05, 0) is 25.2 Å². The molecule has 0 aliphatic rings. The van der Waals surface area contributed by atoms with Crippen molar-refractivity contribution in [1.29, 1.82) is 0 Å². The lowest BCUT2D eigenvalue weighted by atomic mass is 9.90. The van der Waals surface area contributed by atoms with E-state index in [9.17, 15) is 14.4 Å². The fraction of sp³-hybridized carbons (Fsp3) is 0.688. The molecule has 0 saturated carbocycles. The van der Waals surface area contributed by atoms with Crippen molar-refractivity contribution in [1.82, 2.24) is 16.0 Å². The number of carbonyl (C=O) groups excluding carboxylic acids is 3. The molecular weight excluding hydrogens is 282 g/mol. The van der Waals surface area contributed by atoms with Gasteiger partial charge >= 0.3 is 11.8 Å². The predicted octanol–water partition coefficient (Wildman–Crippen LogP) is 1.13. The first-order valence-electron chi connectivity index (χ1n) is 7.70. The SMILES string of the molecule is C=CC(C)(C)CCNC(=O)C(=O)NCCC(=O)NC(C)CC. The molecule has 0 rings (SSSR count). The zero-order chi connectivity index (χ0) is 17.2. The number of nitrogens with one attached hydrogen (secondary N) is 3. The Morgan fingerprint density at radius 2 is 1.68 bits per heavy atom. The minimum Gasteiger partial charge on any atom is -0.354 e. The summed E-state index contributed by atoms with van der Waals surface area (Å²) in [6.45, 7) is 12.2. The lowest BCUT2D eigenvalue weighted by Crippen LogP contribution is -2.42. The van der Waals surface area contributed by atoms with E-state index in [0.29, 0.717) is 13.0 Å². The monoisotopic (exact) mass is 311 g/mol. The Morgan fingerprint density at radius 3 is 2.18 bits per heavy atom. The average Bonchev–Trinajstić information content (AvgIpc) is 2.46. The van der Waals surface area contributed by atoms with E-state index in [2.05, 4.69) is 22.5 Å². The molecular formula is C16H29N3O3. The molecule has 6 nitrogen and oxygen atoms in total. The molecule has 0 heterocycles. The third-order valence-corrected chi connectivity index (χ3v) is 3.47. The minimum absolute atomic E-state index is 0.0855. The Kier molecular flexibility index (Phi) is 9.13. The summed E-state index contributed by atoms with van der Waals surface area (Å²) >= 11 is 0. The highest BCUT2D eigenvalue weighted by atomic mass is 16.2. The third-order valence-electron chi connectivity index (χ3n) is 3.47. The molecule has 3 N–H and O–H groups in total. The molecule has 1 unspecified atom stereocenters. The fourth-order valence-electron chi connectivity index (χ4n) is 1.50.